The van der Waals surface area contributed by atoms with Crippen LogP contribution in [-0.2, 0) is 6.54 Å². The van der Waals surface area contributed by atoms with E-state index in [2.05, 4.69) is 23.7 Å². The molecular formula is C10H18N2OS. The van der Waals surface area contributed by atoms with Gasteiger partial charge >= 0.3 is 0 Å². The first kappa shape index (κ1) is 11.6. The number of rotatable bonds is 6. The molecule has 14 heavy (non-hydrogen) atoms. The molecule has 0 saturated heterocycles. The zero-order valence-electron chi connectivity index (χ0n) is 8.81. The molecule has 0 aromatic carbocycles. The van der Waals surface area contributed by atoms with Crippen molar-refractivity contribution in [1.29, 1.82) is 0 Å². The Morgan fingerprint density at radius 2 is 2.36 bits per heavy atom. The van der Waals surface area contributed by atoms with Gasteiger partial charge in [-0.3, -0.25) is 4.90 Å². The van der Waals surface area contributed by atoms with Gasteiger partial charge in [-0.05, 0) is 20.3 Å². The van der Waals surface area contributed by atoms with E-state index in [1.807, 2.05) is 11.6 Å². The van der Waals surface area contributed by atoms with E-state index in [1.54, 1.807) is 11.3 Å². The van der Waals surface area contributed by atoms with Crippen LogP contribution in [0.1, 0.15) is 25.3 Å². The highest BCUT2D eigenvalue weighted by Crippen LogP contribution is 2.10. The maximum absolute atomic E-state index is 8.78. The molecule has 0 fully saturated rings. The molecule has 1 N–H and O–H groups in total. The van der Waals surface area contributed by atoms with E-state index in [1.165, 1.54) is 0 Å². The molecule has 0 bridgehead atoms. The lowest BCUT2D eigenvalue weighted by Crippen LogP contribution is -2.31. The van der Waals surface area contributed by atoms with Gasteiger partial charge in [-0.25, -0.2) is 4.98 Å². The Balaban J connectivity index is 2.43. The summed E-state index contributed by atoms with van der Waals surface area (Å²) in [5.74, 6) is 0. The zero-order chi connectivity index (χ0) is 10.4. The van der Waals surface area contributed by atoms with Crippen molar-refractivity contribution in [2.45, 2.75) is 32.9 Å². The van der Waals surface area contributed by atoms with Gasteiger partial charge in [-0.2, -0.15) is 0 Å². The zero-order valence-corrected chi connectivity index (χ0v) is 9.63. The number of thiazole rings is 1. The number of nitrogens with zero attached hydrogens (tertiary/aromatic N) is 2. The third-order valence-electron chi connectivity index (χ3n) is 2.16. The van der Waals surface area contributed by atoms with Crippen LogP contribution >= 0.6 is 11.3 Å². The monoisotopic (exact) mass is 214 g/mol. The molecule has 0 amide bonds. The van der Waals surface area contributed by atoms with Gasteiger partial charge in [0.1, 0.15) is 5.01 Å². The number of aliphatic hydroxyl groups excluding tert-OH is 1. The lowest BCUT2D eigenvalue weighted by Gasteiger charge is -2.24. The summed E-state index contributed by atoms with van der Waals surface area (Å²) in [6.07, 6.45) is 2.67. The van der Waals surface area contributed by atoms with Crippen LogP contribution in [0, 0.1) is 0 Å². The highest BCUT2D eigenvalue weighted by atomic mass is 32.1. The Hall–Kier alpha value is -0.450. The lowest BCUT2D eigenvalue weighted by molar-refractivity contribution is 0.184. The molecule has 4 heteroatoms. The summed E-state index contributed by atoms with van der Waals surface area (Å²) in [6.45, 7) is 6.44. The van der Waals surface area contributed by atoms with Crippen LogP contribution in [0.2, 0.25) is 0 Å². The minimum atomic E-state index is 0.265. The van der Waals surface area contributed by atoms with Crippen molar-refractivity contribution in [3.05, 3.63) is 16.6 Å². The minimum Gasteiger partial charge on any atom is -0.396 e. The second-order valence-corrected chi connectivity index (χ2v) is 4.55. The lowest BCUT2D eigenvalue weighted by atomic mass is 10.3. The molecule has 80 valence electrons. The molecule has 0 spiro atoms. The van der Waals surface area contributed by atoms with Gasteiger partial charge < -0.3 is 5.11 Å². The second kappa shape index (κ2) is 6.11. The van der Waals surface area contributed by atoms with Crippen molar-refractivity contribution in [2.75, 3.05) is 13.2 Å². The van der Waals surface area contributed by atoms with Crippen molar-refractivity contribution < 1.29 is 5.11 Å². The van der Waals surface area contributed by atoms with Gasteiger partial charge in [-0.1, -0.05) is 0 Å². The summed E-state index contributed by atoms with van der Waals surface area (Å²) in [7, 11) is 0. The van der Waals surface area contributed by atoms with Gasteiger partial charge in [0, 0.05) is 30.8 Å². The minimum absolute atomic E-state index is 0.265. The third kappa shape index (κ3) is 3.74. The van der Waals surface area contributed by atoms with E-state index in [4.69, 9.17) is 5.11 Å². The molecule has 0 atom stereocenters. The number of hydrogen-bond acceptors (Lipinski definition) is 4. The first-order chi connectivity index (χ1) is 6.74. The summed E-state index contributed by atoms with van der Waals surface area (Å²) in [6, 6.07) is 0.505. The number of aliphatic hydroxyl groups is 1. The molecule has 0 aliphatic rings. The normalized spacial score (nSPS) is 11.5. The summed E-state index contributed by atoms with van der Waals surface area (Å²) in [4.78, 5) is 6.59. The Morgan fingerprint density at radius 1 is 1.57 bits per heavy atom. The van der Waals surface area contributed by atoms with Crippen molar-refractivity contribution in [2.24, 2.45) is 0 Å². The fourth-order valence-electron chi connectivity index (χ4n) is 1.30. The van der Waals surface area contributed by atoms with E-state index in [0.717, 1.165) is 24.5 Å². The van der Waals surface area contributed by atoms with E-state index in [0.29, 0.717) is 6.04 Å². The summed E-state index contributed by atoms with van der Waals surface area (Å²) in [5.41, 5.74) is 0. The Bertz CT molecular complexity index is 236. The van der Waals surface area contributed by atoms with Gasteiger partial charge in [0.25, 0.3) is 0 Å². The van der Waals surface area contributed by atoms with Gasteiger partial charge in [0.05, 0.1) is 6.54 Å². The quantitative estimate of drug-likeness (QED) is 0.783. The van der Waals surface area contributed by atoms with Crippen molar-refractivity contribution in [3.63, 3.8) is 0 Å². The number of hydrogen-bond donors (Lipinski definition) is 1. The van der Waals surface area contributed by atoms with Crippen molar-refractivity contribution in [3.8, 4) is 0 Å². The fourth-order valence-corrected chi connectivity index (χ4v) is 1.94. The topological polar surface area (TPSA) is 36.4 Å². The van der Waals surface area contributed by atoms with E-state index >= 15 is 0 Å². The highest BCUT2D eigenvalue weighted by molar-refractivity contribution is 7.09. The van der Waals surface area contributed by atoms with Gasteiger partial charge in [-0.15, -0.1) is 11.3 Å². The molecule has 0 aliphatic carbocycles. The second-order valence-electron chi connectivity index (χ2n) is 3.57. The van der Waals surface area contributed by atoms with Crippen LogP contribution in [0.25, 0.3) is 0 Å². The standard InChI is InChI=1S/C10H18N2OS/c1-9(2)12(5-3-6-13)8-10-11-4-7-14-10/h4,7,9,13H,3,5-6,8H2,1-2H3. The molecule has 3 nitrogen and oxygen atoms in total. The van der Waals surface area contributed by atoms with Crippen LogP contribution in [0.3, 0.4) is 0 Å². The highest BCUT2D eigenvalue weighted by Gasteiger charge is 2.10. The van der Waals surface area contributed by atoms with Crippen LogP contribution in [0.4, 0.5) is 0 Å². The average molecular weight is 214 g/mol. The summed E-state index contributed by atoms with van der Waals surface area (Å²) >= 11 is 1.69. The molecular weight excluding hydrogens is 196 g/mol. The molecule has 1 aromatic rings. The molecule has 0 saturated carbocycles. The Morgan fingerprint density at radius 3 is 2.86 bits per heavy atom. The predicted molar refractivity (Wildman–Crippen MR) is 59.4 cm³/mol. The molecule has 0 radical (unpaired) electrons. The first-order valence-corrected chi connectivity index (χ1v) is 5.85. The van der Waals surface area contributed by atoms with Crippen molar-refractivity contribution in [1.82, 2.24) is 9.88 Å². The first-order valence-electron chi connectivity index (χ1n) is 4.97. The Labute approximate surface area is 89.4 Å². The predicted octanol–water partition coefficient (Wildman–Crippen LogP) is 1.74. The van der Waals surface area contributed by atoms with E-state index < -0.39 is 0 Å². The molecule has 1 rings (SSSR count). The fraction of sp³-hybridized carbons (Fsp3) is 0.700. The molecule has 1 aromatic heterocycles. The maximum Gasteiger partial charge on any atom is 0.107 e. The number of aromatic nitrogens is 1. The van der Waals surface area contributed by atoms with Gasteiger partial charge in [0.15, 0.2) is 0 Å². The smallest absolute Gasteiger partial charge is 0.107 e. The Kier molecular flexibility index (Phi) is 5.07. The van der Waals surface area contributed by atoms with Crippen molar-refractivity contribution >= 4 is 11.3 Å². The summed E-state index contributed by atoms with van der Waals surface area (Å²) < 4.78 is 0. The van der Waals surface area contributed by atoms with Crippen LogP contribution in [0.5, 0.6) is 0 Å². The summed E-state index contributed by atoms with van der Waals surface area (Å²) in [5, 5.41) is 11.9. The van der Waals surface area contributed by atoms with E-state index in [9.17, 15) is 0 Å². The SMILES string of the molecule is CC(C)N(CCCO)Cc1nccs1. The average Bonchev–Trinajstić information content (AvgIpc) is 2.64. The molecule has 1 heterocycles. The van der Waals surface area contributed by atoms with Gasteiger partial charge in [0.2, 0.25) is 0 Å². The van der Waals surface area contributed by atoms with Crippen LogP contribution in [-0.4, -0.2) is 34.2 Å². The maximum atomic E-state index is 8.78. The third-order valence-corrected chi connectivity index (χ3v) is 2.92. The van der Waals surface area contributed by atoms with Crippen LogP contribution in [0.15, 0.2) is 11.6 Å². The molecule has 0 aliphatic heterocycles. The van der Waals surface area contributed by atoms with Crippen LogP contribution < -0.4 is 0 Å². The van der Waals surface area contributed by atoms with E-state index in [-0.39, 0.29) is 6.61 Å². The largest absolute Gasteiger partial charge is 0.396 e. The molecule has 0 unspecified atom stereocenters.